The highest BCUT2D eigenvalue weighted by Crippen LogP contribution is 2.23. The van der Waals surface area contributed by atoms with Gasteiger partial charge in [0, 0.05) is 11.5 Å². The van der Waals surface area contributed by atoms with Crippen molar-refractivity contribution in [3.8, 4) is 5.88 Å². The summed E-state index contributed by atoms with van der Waals surface area (Å²) in [6.45, 7) is 0.177. The summed E-state index contributed by atoms with van der Waals surface area (Å²) in [5.41, 5.74) is 0.303. The zero-order valence-electron chi connectivity index (χ0n) is 15.5. The van der Waals surface area contributed by atoms with Gasteiger partial charge >= 0.3 is 0 Å². The number of hydrogen-bond acceptors (Lipinski definition) is 6. The number of nitrogens with zero attached hydrogens (tertiary/aromatic N) is 3. The molecule has 146 valence electrons. The third-order valence-electron chi connectivity index (χ3n) is 4.49. The molecular formula is C21H17N3O4S. The Hall–Kier alpha value is -3.52. The summed E-state index contributed by atoms with van der Waals surface area (Å²) in [5.74, 6) is 0.451. The van der Waals surface area contributed by atoms with Gasteiger partial charge in [0.05, 0.1) is 40.7 Å². The number of ether oxygens (including phenoxy) is 1. The van der Waals surface area contributed by atoms with Gasteiger partial charge in [-0.25, -0.2) is 18.1 Å². The summed E-state index contributed by atoms with van der Waals surface area (Å²) in [5, 5.41) is 5.03. The van der Waals surface area contributed by atoms with Crippen molar-refractivity contribution in [2.45, 2.75) is 16.3 Å². The van der Waals surface area contributed by atoms with Crippen LogP contribution >= 0.6 is 0 Å². The normalized spacial score (nSPS) is 11.5. The first kappa shape index (κ1) is 18.8. The Morgan fingerprint density at radius 2 is 1.76 bits per heavy atom. The van der Waals surface area contributed by atoms with E-state index in [1.54, 1.807) is 36.4 Å². The summed E-state index contributed by atoms with van der Waals surface area (Å²) in [6.07, 6.45) is 1.49. The van der Waals surface area contributed by atoms with Gasteiger partial charge in [0.25, 0.3) is 5.56 Å². The molecule has 0 aliphatic carbocycles. The van der Waals surface area contributed by atoms with E-state index in [1.807, 2.05) is 0 Å². The van der Waals surface area contributed by atoms with E-state index in [1.165, 1.54) is 48.3 Å². The lowest BCUT2D eigenvalue weighted by molar-refractivity contribution is 0.395. The fraction of sp³-hybridized carbons (Fsp3) is 0.0952. The maximum absolute atomic E-state index is 12.8. The highest BCUT2D eigenvalue weighted by atomic mass is 32.2. The Morgan fingerprint density at radius 1 is 0.966 bits per heavy atom. The van der Waals surface area contributed by atoms with E-state index in [-0.39, 0.29) is 21.9 Å². The molecule has 29 heavy (non-hydrogen) atoms. The van der Waals surface area contributed by atoms with Crippen LogP contribution in [0.2, 0.25) is 0 Å². The molecule has 0 N–H and O–H groups in total. The molecule has 0 amide bonds. The van der Waals surface area contributed by atoms with E-state index in [2.05, 4.69) is 10.1 Å². The first-order chi connectivity index (χ1) is 14.0. The maximum Gasteiger partial charge on any atom is 0.274 e. The summed E-state index contributed by atoms with van der Waals surface area (Å²) in [6, 6.07) is 17.9. The van der Waals surface area contributed by atoms with E-state index in [9.17, 15) is 13.2 Å². The minimum atomic E-state index is -3.67. The molecule has 0 saturated heterocycles. The second-order valence-electron chi connectivity index (χ2n) is 6.34. The van der Waals surface area contributed by atoms with Gasteiger partial charge in [-0.15, -0.1) is 0 Å². The van der Waals surface area contributed by atoms with Gasteiger partial charge in [0.2, 0.25) is 15.7 Å². The Bertz CT molecular complexity index is 1350. The van der Waals surface area contributed by atoms with Crippen LogP contribution in [0.5, 0.6) is 5.88 Å². The van der Waals surface area contributed by atoms with Crippen molar-refractivity contribution in [2.24, 2.45) is 0 Å². The summed E-state index contributed by atoms with van der Waals surface area (Å²) < 4.78 is 32.0. The van der Waals surface area contributed by atoms with E-state index in [0.29, 0.717) is 22.3 Å². The summed E-state index contributed by atoms with van der Waals surface area (Å²) >= 11 is 0. The maximum atomic E-state index is 12.8. The van der Waals surface area contributed by atoms with Crippen molar-refractivity contribution in [2.75, 3.05) is 7.11 Å². The van der Waals surface area contributed by atoms with Crippen LogP contribution in [0.15, 0.2) is 87.5 Å². The molecule has 0 fully saturated rings. The van der Waals surface area contributed by atoms with Crippen LogP contribution in [0, 0.1) is 0 Å². The summed E-state index contributed by atoms with van der Waals surface area (Å²) in [7, 11) is -2.15. The molecule has 0 radical (unpaired) electrons. The Morgan fingerprint density at radius 3 is 2.52 bits per heavy atom. The molecule has 0 spiro atoms. The molecule has 4 rings (SSSR count). The Balaban J connectivity index is 1.73. The largest absolute Gasteiger partial charge is 0.481 e. The first-order valence-electron chi connectivity index (χ1n) is 8.79. The van der Waals surface area contributed by atoms with Gasteiger partial charge in [-0.05, 0) is 36.4 Å². The standard InChI is InChI=1S/C21H17N3O4S/c1-28-20-9-5-6-16(23-20)14-24-21(25)19-11-10-18(12-15(19)13-22-24)29(26,27)17-7-3-2-4-8-17/h2-13H,14H2,1H3. The minimum Gasteiger partial charge on any atom is -0.481 e. The molecule has 2 heterocycles. The quantitative estimate of drug-likeness (QED) is 0.505. The van der Waals surface area contributed by atoms with E-state index in [4.69, 9.17) is 4.74 Å². The van der Waals surface area contributed by atoms with Crippen molar-refractivity contribution < 1.29 is 13.2 Å². The average molecular weight is 407 g/mol. The Labute approximate surface area is 167 Å². The smallest absolute Gasteiger partial charge is 0.274 e. The fourth-order valence-corrected chi connectivity index (χ4v) is 4.31. The molecule has 0 bridgehead atoms. The second-order valence-corrected chi connectivity index (χ2v) is 8.29. The highest BCUT2D eigenvalue weighted by Gasteiger charge is 2.18. The lowest BCUT2D eigenvalue weighted by Gasteiger charge is -2.09. The van der Waals surface area contributed by atoms with Crippen LogP contribution in [0.4, 0.5) is 0 Å². The van der Waals surface area contributed by atoms with E-state index >= 15 is 0 Å². The van der Waals surface area contributed by atoms with Crippen molar-refractivity contribution >= 4 is 20.6 Å². The van der Waals surface area contributed by atoms with Crippen LogP contribution < -0.4 is 10.3 Å². The zero-order chi connectivity index (χ0) is 20.4. The lowest BCUT2D eigenvalue weighted by Crippen LogP contribution is -2.23. The molecular weight excluding hydrogens is 390 g/mol. The molecule has 7 nitrogen and oxygen atoms in total. The van der Waals surface area contributed by atoms with Gasteiger partial charge in [0.1, 0.15) is 0 Å². The predicted octanol–water partition coefficient (Wildman–Crippen LogP) is 2.68. The SMILES string of the molecule is COc1cccc(Cn2ncc3cc(S(=O)(=O)c4ccccc4)ccc3c2=O)n1. The van der Waals surface area contributed by atoms with Crippen molar-refractivity contribution in [3.05, 3.63) is 89.0 Å². The highest BCUT2D eigenvalue weighted by molar-refractivity contribution is 7.91. The molecule has 0 atom stereocenters. The van der Waals surface area contributed by atoms with Crippen LogP contribution in [0.25, 0.3) is 10.8 Å². The third-order valence-corrected chi connectivity index (χ3v) is 6.26. The van der Waals surface area contributed by atoms with Gasteiger partial charge in [-0.1, -0.05) is 24.3 Å². The molecule has 2 aromatic heterocycles. The van der Waals surface area contributed by atoms with Crippen LogP contribution in [-0.4, -0.2) is 30.3 Å². The van der Waals surface area contributed by atoms with Gasteiger partial charge < -0.3 is 4.74 Å². The van der Waals surface area contributed by atoms with Crippen molar-refractivity contribution in [3.63, 3.8) is 0 Å². The molecule has 4 aromatic rings. The third kappa shape index (κ3) is 3.62. The van der Waals surface area contributed by atoms with E-state index < -0.39 is 9.84 Å². The van der Waals surface area contributed by atoms with Crippen LogP contribution in [0.1, 0.15) is 5.69 Å². The van der Waals surface area contributed by atoms with Crippen molar-refractivity contribution in [1.82, 2.24) is 14.8 Å². The zero-order valence-corrected chi connectivity index (χ0v) is 16.3. The van der Waals surface area contributed by atoms with Crippen LogP contribution in [-0.2, 0) is 16.4 Å². The van der Waals surface area contributed by atoms with E-state index in [0.717, 1.165) is 0 Å². The number of benzene rings is 2. The number of aromatic nitrogens is 3. The molecule has 2 aromatic carbocycles. The first-order valence-corrected chi connectivity index (χ1v) is 10.3. The lowest BCUT2D eigenvalue weighted by atomic mass is 10.2. The van der Waals surface area contributed by atoms with Gasteiger partial charge in [0.15, 0.2) is 0 Å². The number of fused-ring (bicyclic) bond motifs is 1. The number of hydrogen-bond donors (Lipinski definition) is 0. The molecule has 8 heteroatoms. The fourth-order valence-electron chi connectivity index (χ4n) is 2.99. The van der Waals surface area contributed by atoms with Gasteiger partial charge in [-0.2, -0.15) is 5.10 Å². The number of sulfone groups is 1. The number of methoxy groups -OCH3 is 1. The minimum absolute atomic E-state index is 0.115. The molecule has 0 unspecified atom stereocenters. The predicted molar refractivity (Wildman–Crippen MR) is 108 cm³/mol. The molecule has 0 aliphatic rings. The number of pyridine rings is 1. The molecule has 0 aliphatic heterocycles. The second kappa shape index (κ2) is 7.48. The monoisotopic (exact) mass is 407 g/mol. The summed E-state index contributed by atoms with van der Waals surface area (Å²) in [4.78, 5) is 17.4. The average Bonchev–Trinajstić information content (AvgIpc) is 2.76. The van der Waals surface area contributed by atoms with Gasteiger partial charge in [-0.3, -0.25) is 4.79 Å². The number of rotatable bonds is 5. The van der Waals surface area contributed by atoms with Crippen LogP contribution in [0.3, 0.4) is 0 Å². The topological polar surface area (TPSA) is 91.2 Å². The molecule has 0 saturated carbocycles. The Kier molecular flexibility index (Phi) is 4.85. The van der Waals surface area contributed by atoms with Crippen molar-refractivity contribution in [1.29, 1.82) is 0 Å².